The van der Waals surface area contributed by atoms with Gasteiger partial charge in [0.15, 0.2) is 5.96 Å². The van der Waals surface area contributed by atoms with Crippen LogP contribution >= 0.6 is 0 Å². The van der Waals surface area contributed by atoms with E-state index >= 15 is 0 Å². The molecule has 6 nitrogen and oxygen atoms in total. The van der Waals surface area contributed by atoms with Crippen molar-refractivity contribution in [3.05, 3.63) is 0 Å². The van der Waals surface area contributed by atoms with E-state index in [9.17, 15) is 8.42 Å². The molecule has 1 saturated carbocycles. The van der Waals surface area contributed by atoms with Gasteiger partial charge in [-0.05, 0) is 50.4 Å². The molecule has 0 amide bonds. The van der Waals surface area contributed by atoms with Gasteiger partial charge in [-0.25, -0.2) is 8.42 Å². The molecule has 1 aliphatic heterocycles. The Bertz CT molecular complexity index is 525. The molecule has 0 aromatic carbocycles. The molecule has 2 aliphatic rings. The van der Waals surface area contributed by atoms with Crippen molar-refractivity contribution in [2.24, 2.45) is 16.8 Å². The summed E-state index contributed by atoms with van der Waals surface area (Å²) in [6.45, 7) is 5.88. The molecule has 1 heterocycles. The van der Waals surface area contributed by atoms with Crippen molar-refractivity contribution in [3.63, 3.8) is 0 Å². The Labute approximate surface area is 147 Å². The lowest BCUT2D eigenvalue weighted by atomic mass is 9.80. The Hall–Kier alpha value is -0.820. The first-order chi connectivity index (χ1) is 11.3. The van der Waals surface area contributed by atoms with Gasteiger partial charge in [0.25, 0.3) is 0 Å². The summed E-state index contributed by atoms with van der Waals surface area (Å²) in [6.07, 6.45) is 8.06. The van der Waals surface area contributed by atoms with E-state index in [1.54, 1.807) is 11.4 Å². The third-order valence-electron chi connectivity index (χ3n) is 5.53. The summed E-state index contributed by atoms with van der Waals surface area (Å²) in [5, 5.41) is 6.84. The summed E-state index contributed by atoms with van der Waals surface area (Å²) in [4.78, 5) is 4.31. The number of rotatable bonds is 5. The van der Waals surface area contributed by atoms with Crippen molar-refractivity contribution in [2.75, 3.05) is 26.4 Å². The first-order valence-corrected chi connectivity index (χ1v) is 11.1. The third kappa shape index (κ3) is 5.34. The summed E-state index contributed by atoms with van der Waals surface area (Å²) in [6, 6.07) is 0.510. The molecule has 2 N–H and O–H groups in total. The van der Waals surface area contributed by atoms with Crippen LogP contribution in [0.3, 0.4) is 0 Å². The zero-order valence-electron chi connectivity index (χ0n) is 15.6. The van der Waals surface area contributed by atoms with E-state index in [1.807, 2.05) is 0 Å². The number of aliphatic imine (C=N–C) groups is 1. The van der Waals surface area contributed by atoms with Gasteiger partial charge in [0.1, 0.15) is 0 Å². The zero-order valence-corrected chi connectivity index (χ0v) is 16.4. The number of hydrogen-bond acceptors (Lipinski definition) is 3. The molecule has 7 heteroatoms. The van der Waals surface area contributed by atoms with Crippen LogP contribution in [0.25, 0.3) is 0 Å². The molecule has 0 spiro atoms. The van der Waals surface area contributed by atoms with Crippen molar-refractivity contribution >= 4 is 16.0 Å². The van der Waals surface area contributed by atoms with Crippen LogP contribution in [0, 0.1) is 11.8 Å². The van der Waals surface area contributed by atoms with Crippen LogP contribution in [0.1, 0.15) is 52.4 Å². The predicted molar refractivity (Wildman–Crippen MR) is 99.7 cm³/mol. The van der Waals surface area contributed by atoms with Gasteiger partial charge in [-0.3, -0.25) is 4.99 Å². The average molecular weight is 359 g/mol. The van der Waals surface area contributed by atoms with E-state index < -0.39 is 10.0 Å². The SMILES string of the molecule is CN=C(NC[C@H]1CCCN1S(C)(=O)=O)NC1CCC(C(C)C)CC1. The van der Waals surface area contributed by atoms with Gasteiger partial charge in [0.05, 0.1) is 6.26 Å². The third-order valence-corrected chi connectivity index (χ3v) is 6.87. The van der Waals surface area contributed by atoms with Crippen LogP contribution in [0.5, 0.6) is 0 Å². The van der Waals surface area contributed by atoms with Gasteiger partial charge in [-0.15, -0.1) is 0 Å². The maximum absolute atomic E-state index is 11.8. The Balaban J connectivity index is 1.79. The van der Waals surface area contributed by atoms with Crippen molar-refractivity contribution < 1.29 is 8.42 Å². The van der Waals surface area contributed by atoms with Gasteiger partial charge in [0, 0.05) is 32.2 Å². The Morgan fingerprint density at radius 2 is 1.88 bits per heavy atom. The van der Waals surface area contributed by atoms with Gasteiger partial charge in [-0.1, -0.05) is 13.8 Å². The molecule has 1 aliphatic carbocycles. The standard InChI is InChI=1S/C17H34N4O2S/c1-13(2)14-7-9-15(10-8-14)20-17(18-3)19-12-16-6-5-11-21(16)24(4,22)23/h13-16H,5-12H2,1-4H3,(H2,18,19,20)/t14?,15?,16-/m1/s1. The highest BCUT2D eigenvalue weighted by atomic mass is 32.2. The summed E-state index contributed by atoms with van der Waals surface area (Å²) >= 11 is 0. The van der Waals surface area contributed by atoms with Crippen LogP contribution in [0.4, 0.5) is 0 Å². The maximum atomic E-state index is 11.8. The number of nitrogens with one attached hydrogen (secondary N) is 2. The summed E-state index contributed by atoms with van der Waals surface area (Å²) in [7, 11) is -1.34. The molecule has 0 radical (unpaired) electrons. The molecule has 1 saturated heterocycles. The molecule has 24 heavy (non-hydrogen) atoms. The van der Waals surface area contributed by atoms with Crippen LogP contribution < -0.4 is 10.6 Å². The second kappa shape index (κ2) is 8.52. The fraction of sp³-hybridized carbons (Fsp3) is 0.941. The molecule has 0 bridgehead atoms. The van der Waals surface area contributed by atoms with Gasteiger partial charge in [-0.2, -0.15) is 4.31 Å². The highest BCUT2D eigenvalue weighted by Crippen LogP contribution is 2.29. The quantitative estimate of drug-likeness (QED) is 0.580. The lowest BCUT2D eigenvalue weighted by molar-refractivity contribution is 0.250. The van der Waals surface area contributed by atoms with Crippen LogP contribution in [0.15, 0.2) is 4.99 Å². The first-order valence-electron chi connectivity index (χ1n) is 9.25. The number of guanidine groups is 1. The molecular weight excluding hydrogens is 324 g/mol. The largest absolute Gasteiger partial charge is 0.355 e. The zero-order chi connectivity index (χ0) is 17.7. The van der Waals surface area contributed by atoms with Crippen molar-refractivity contribution in [2.45, 2.75) is 64.5 Å². The van der Waals surface area contributed by atoms with E-state index in [1.165, 1.54) is 31.9 Å². The molecule has 0 unspecified atom stereocenters. The monoisotopic (exact) mass is 358 g/mol. The number of nitrogens with zero attached hydrogens (tertiary/aromatic N) is 2. The number of sulfonamides is 1. The molecular formula is C17H34N4O2S. The van der Waals surface area contributed by atoms with E-state index in [0.29, 0.717) is 19.1 Å². The van der Waals surface area contributed by atoms with Crippen LogP contribution in [-0.4, -0.2) is 57.2 Å². The Morgan fingerprint density at radius 1 is 1.21 bits per heavy atom. The molecule has 2 rings (SSSR count). The van der Waals surface area contributed by atoms with Crippen molar-refractivity contribution in [1.29, 1.82) is 0 Å². The normalized spacial score (nSPS) is 29.9. The maximum Gasteiger partial charge on any atom is 0.211 e. The summed E-state index contributed by atoms with van der Waals surface area (Å²) in [5.41, 5.74) is 0. The van der Waals surface area contributed by atoms with Gasteiger partial charge in [0.2, 0.25) is 10.0 Å². The number of hydrogen-bond donors (Lipinski definition) is 2. The Morgan fingerprint density at radius 3 is 2.42 bits per heavy atom. The predicted octanol–water partition coefficient (Wildman–Crippen LogP) is 1.79. The van der Waals surface area contributed by atoms with E-state index in [2.05, 4.69) is 29.5 Å². The minimum Gasteiger partial charge on any atom is -0.355 e. The van der Waals surface area contributed by atoms with E-state index in [4.69, 9.17) is 0 Å². The first kappa shape index (κ1) is 19.5. The fourth-order valence-electron chi connectivity index (χ4n) is 3.98. The van der Waals surface area contributed by atoms with Crippen LogP contribution in [0.2, 0.25) is 0 Å². The second-order valence-electron chi connectivity index (χ2n) is 7.62. The second-order valence-corrected chi connectivity index (χ2v) is 9.56. The topological polar surface area (TPSA) is 73.8 Å². The highest BCUT2D eigenvalue weighted by Gasteiger charge is 2.31. The highest BCUT2D eigenvalue weighted by molar-refractivity contribution is 7.88. The van der Waals surface area contributed by atoms with Crippen LogP contribution in [-0.2, 0) is 10.0 Å². The van der Waals surface area contributed by atoms with E-state index in [0.717, 1.165) is 30.6 Å². The molecule has 0 aromatic rings. The summed E-state index contributed by atoms with van der Waals surface area (Å²) in [5.74, 6) is 2.41. The van der Waals surface area contributed by atoms with Crippen molar-refractivity contribution in [1.82, 2.24) is 14.9 Å². The fourth-order valence-corrected chi connectivity index (χ4v) is 5.16. The van der Waals surface area contributed by atoms with Crippen molar-refractivity contribution in [3.8, 4) is 0 Å². The van der Waals surface area contributed by atoms with Gasteiger partial charge < -0.3 is 10.6 Å². The minimum absolute atomic E-state index is 0.0372. The minimum atomic E-state index is -3.11. The lowest BCUT2D eigenvalue weighted by Crippen LogP contribution is -2.49. The van der Waals surface area contributed by atoms with Gasteiger partial charge >= 0.3 is 0 Å². The molecule has 140 valence electrons. The molecule has 2 fully saturated rings. The summed E-state index contributed by atoms with van der Waals surface area (Å²) < 4.78 is 25.2. The van der Waals surface area contributed by atoms with E-state index in [-0.39, 0.29) is 6.04 Å². The molecule has 0 aromatic heterocycles. The average Bonchev–Trinajstić information content (AvgIpc) is 3.00. The lowest BCUT2D eigenvalue weighted by Gasteiger charge is -2.32. The smallest absolute Gasteiger partial charge is 0.211 e. The Kier molecular flexibility index (Phi) is 6.92. The molecule has 1 atom stereocenters.